The minimum Gasteiger partial charge on any atom is -0.360 e. The van der Waals surface area contributed by atoms with E-state index in [0.29, 0.717) is 10.7 Å². The number of nitrogens with zero attached hydrogens (tertiary/aromatic N) is 2. The van der Waals surface area contributed by atoms with Crippen LogP contribution in [0.25, 0.3) is 0 Å². The maximum atomic E-state index is 13.1. The SMILES string of the molecule is Cc1ccc(Cl)cc1N1C(=O)C[C@@H]([NH+]2CCN(c3ccccc3)CC2)C1=O. The predicted octanol–water partition coefficient (Wildman–Crippen LogP) is 1.69. The molecule has 0 radical (unpaired) electrons. The van der Waals surface area contributed by atoms with E-state index < -0.39 is 0 Å². The number of piperazine rings is 1. The summed E-state index contributed by atoms with van der Waals surface area (Å²) in [5, 5.41) is 0.531. The number of carbonyl (C=O) groups is 2. The Labute approximate surface area is 164 Å². The van der Waals surface area contributed by atoms with E-state index in [4.69, 9.17) is 11.6 Å². The lowest BCUT2D eigenvalue weighted by Crippen LogP contribution is -3.19. The van der Waals surface area contributed by atoms with E-state index in [9.17, 15) is 9.59 Å². The van der Waals surface area contributed by atoms with Crippen LogP contribution in [0.3, 0.4) is 0 Å². The summed E-state index contributed by atoms with van der Waals surface area (Å²) in [5.74, 6) is -0.234. The fourth-order valence-electron chi connectivity index (χ4n) is 4.07. The number of halogens is 1. The van der Waals surface area contributed by atoms with Crippen LogP contribution in [0.2, 0.25) is 5.02 Å². The van der Waals surface area contributed by atoms with Gasteiger partial charge in [0, 0.05) is 10.7 Å². The second-order valence-electron chi connectivity index (χ2n) is 7.24. The number of hydrogen-bond donors (Lipinski definition) is 1. The number of carbonyl (C=O) groups excluding carboxylic acids is 2. The summed E-state index contributed by atoms with van der Waals surface area (Å²) in [6.07, 6.45) is 0.269. The molecule has 2 aliphatic heterocycles. The molecule has 2 saturated heterocycles. The first-order valence-corrected chi connectivity index (χ1v) is 9.70. The molecule has 2 aliphatic rings. The van der Waals surface area contributed by atoms with Crippen molar-refractivity contribution in [3.8, 4) is 0 Å². The third-order valence-corrected chi connectivity index (χ3v) is 5.81. The molecule has 0 spiro atoms. The van der Waals surface area contributed by atoms with Crippen LogP contribution in [0.4, 0.5) is 11.4 Å². The highest BCUT2D eigenvalue weighted by Crippen LogP contribution is 2.28. The molecule has 0 aliphatic carbocycles. The molecular weight excluding hydrogens is 362 g/mol. The monoisotopic (exact) mass is 384 g/mol. The number of rotatable bonds is 3. The summed E-state index contributed by atoms with van der Waals surface area (Å²) in [4.78, 5) is 30.6. The minimum absolute atomic E-state index is 0.103. The van der Waals surface area contributed by atoms with Crippen molar-refractivity contribution in [2.45, 2.75) is 19.4 Å². The maximum Gasteiger partial charge on any atom is 0.292 e. The van der Waals surface area contributed by atoms with Crippen LogP contribution in [0.1, 0.15) is 12.0 Å². The number of para-hydroxylation sites is 1. The first kappa shape index (κ1) is 18.0. The second-order valence-corrected chi connectivity index (χ2v) is 7.67. The molecule has 2 heterocycles. The molecule has 1 atom stereocenters. The molecule has 27 heavy (non-hydrogen) atoms. The molecular formula is C21H23ClN3O2+. The molecule has 4 rings (SSSR count). The Kier molecular flexibility index (Phi) is 4.89. The molecule has 2 amide bonds. The van der Waals surface area contributed by atoms with Gasteiger partial charge < -0.3 is 9.80 Å². The largest absolute Gasteiger partial charge is 0.360 e. The summed E-state index contributed by atoms with van der Waals surface area (Å²) < 4.78 is 0. The zero-order valence-electron chi connectivity index (χ0n) is 15.3. The van der Waals surface area contributed by atoms with E-state index in [1.54, 1.807) is 12.1 Å². The molecule has 0 unspecified atom stereocenters. The molecule has 5 nitrogen and oxygen atoms in total. The maximum absolute atomic E-state index is 13.1. The average molecular weight is 385 g/mol. The number of imide groups is 1. The van der Waals surface area contributed by atoms with Gasteiger partial charge in [0.15, 0.2) is 6.04 Å². The van der Waals surface area contributed by atoms with Crippen molar-refractivity contribution >= 4 is 34.8 Å². The topological polar surface area (TPSA) is 45.1 Å². The first-order valence-electron chi connectivity index (χ1n) is 9.32. The van der Waals surface area contributed by atoms with E-state index in [2.05, 4.69) is 17.0 Å². The number of anilines is 2. The van der Waals surface area contributed by atoms with Crippen LogP contribution in [0.15, 0.2) is 48.5 Å². The Morgan fingerprint density at radius 3 is 2.44 bits per heavy atom. The summed E-state index contributed by atoms with van der Waals surface area (Å²) in [5.41, 5.74) is 2.70. The Hall–Kier alpha value is -2.37. The quantitative estimate of drug-likeness (QED) is 0.819. The number of benzene rings is 2. The van der Waals surface area contributed by atoms with Gasteiger partial charge in [-0.3, -0.25) is 9.59 Å². The van der Waals surface area contributed by atoms with Crippen LogP contribution < -0.4 is 14.7 Å². The van der Waals surface area contributed by atoms with Gasteiger partial charge in [0.05, 0.1) is 38.3 Å². The average Bonchev–Trinajstić information content (AvgIpc) is 2.99. The van der Waals surface area contributed by atoms with E-state index in [-0.39, 0.29) is 24.3 Å². The number of amides is 2. The van der Waals surface area contributed by atoms with Crippen LogP contribution in [-0.2, 0) is 9.59 Å². The lowest BCUT2D eigenvalue weighted by Gasteiger charge is -2.35. The van der Waals surface area contributed by atoms with Crippen molar-refractivity contribution in [3.63, 3.8) is 0 Å². The van der Waals surface area contributed by atoms with Crippen molar-refractivity contribution in [1.29, 1.82) is 0 Å². The van der Waals surface area contributed by atoms with Gasteiger partial charge in [-0.1, -0.05) is 35.9 Å². The fourth-order valence-corrected chi connectivity index (χ4v) is 4.23. The highest BCUT2D eigenvalue weighted by molar-refractivity contribution is 6.31. The van der Waals surface area contributed by atoms with Crippen molar-refractivity contribution in [2.24, 2.45) is 0 Å². The predicted molar refractivity (Wildman–Crippen MR) is 106 cm³/mol. The number of nitrogens with one attached hydrogen (secondary N) is 1. The summed E-state index contributed by atoms with van der Waals surface area (Å²) in [6, 6.07) is 15.3. The lowest BCUT2D eigenvalue weighted by molar-refractivity contribution is -0.915. The van der Waals surface area contributed by atoms with Gasteiger partial charge in [-0.2, -0.15) is 0 Å². The molecule has 0 bridgehead atoms. The van der Waals surface area contributed by atoms with Crippen LogP contribution in [0.5, 0.6) is 0 Å². The zero-order chi connectivity index (χ0) is 19.0. The first-order chi connectivity index (χ1) is 13.0. The summed E-state index contributed by atoms with van der Waals surface area (Å²) in [6.45, 7) is 5.36. The lowest BCUT2D eigenvalue weighted by atomic mass is 10.1. The van der Waals surface area contributed by atoms with Gasteiger partial charge >= 0.3 is 0 Å². The smallest absolute Gasteiger partial charge is 0.292 e. The number of aryl methyl sites for hydroxylation is 1. The van der Waals surface area contributed by atoms with E-state index in [1.807, 2.05) is 31.2 Å². The van der Waals surface area contributed by atoms with Crippen LogP contribution in [0, 0.1) is 6.92 Å². The van der Waals surface area contributed by atoms with Crippen molar-refractivity contribution in [1.82, 2.24) is 0 Å². The number of quaternary nitrogens is 1. The Morgan fingerprint density at radius 1 is 1.04 bits per heavy atom. The van der Waals surface area contributed by atoms with Gasteiger partial charge in [-0.15, -0.1) is 0 Å². The van der Waals surface area contributed by atoms with Gasteiger partial charge in [0.2, 0.25) is 5.91 Å². The Morgan fingerprint density at radius 2 is 1.74 bits per heavy atom. The Bertz CT molecular complexity index is 863. The molecule has 0 aromatic heterocycles. The molecule has 2 aromatic carbocycles. The molecule has 1 N–H and O–H groups in total. The van der Waals surface area contributed by atoms with E-state index in [0.717, 1.165) is 31.7 Å². The van der Waals surface area contributed by atoms with Crippen LogP contribution >= 0.6 is 11.6 Å². The van der Waals surface area contributed by atoms with Crippen LogP contribution in [-0.4, -0.2) is 44.0 Å². The molecule has 6 heteroatoms. The normalized spacial score (nSPS) is 21.2. The summed E-state index contributed by atoms with van der Waals surface area (Å²) in [7, 11) is 0. The number of hydrogen-bond acceptors (Lipinski definition) is 3. The standard InChI is InChI=1S/C21H22ClN3O2/c1-15-7-8-16(22)13-18(15)25-20(26)14-19(21(25)27)24-11-9-23(10-12-24)17-5-3-2-4-6-17/h2-8,13,19H,9-12,14H2,1H3/p+1/t19-/m1/s1. The third kappa shape index (κ3) is 3.45. The summed E-state index contributed by atoms with van der Waals surface area (Å²) >= 11 is 6.09. The zero-order valence-corrected chi connectivity index (χ0v) is 16.1. The second kappa shape index (κ2) is 7.33. The minimum atomic E-state index is -0.297. The van der Waals surface area contributed by atoms with Crippen molar-refractivity contribution in [3.05, 3.63) is 59.1 Å². The Balaban J connectivity index is 1.47. The van der Waals surface area contributed by atoms with Gasteiger partial charge in [0.25, 0.3) is 5.91 Å². The molecule has 140 valence electrons. The molecule has 2 aromatic rings. The van der Waals surface area contributed by atoms with Crippen molar-refractivity contribution in [2.75, 3.05) is 36.0 Å². The van der Waals surface area contributed by atoms with Crippen molar-refractivity contribution < 1.29 is 14.5 Å². The third-order valence-electron chi connectivity index (χ3n) is 5.58. The van der Waals surface area contributed by atoms with E-state index in [1.165, 1.54) is 15.5 Å². The van der Waals surface area contributed by atoms with Gasteiger partial charge in [0.1, 0.15) is 0 Å². The molecule has 0 saturated carbocycles. The van der Waals surface area contributed by atoms with Gasteiger partial charge in [-0.25, -0.2) is 4.90 Å². The fraction of sp³-hybridized carbons (Fsp3) is 0.333. The van der Waals surface area contributed by atoms with Gasteiger partial charge in [-0.05, 0) is 36.8 Å². The highest BCUT2D eigenvalue weighted by atomic mass is 35.5. The highest BCUT2D eigenvalue weighted by Gasteiger charge is 2.46. The van der Waals surface area contributed by atoms with E-state index >= 15 is 0 Å². The molecule has 2 fully saturated rings.